The minimum absolute atomic E-state index is 0.179. The Morgan fingerprint density at radius 2 is 1.67 bits per heavy atom. The lowest BCUT2D eigenvalue weighted by molar-refractivity contribution is 0.291. The van der Waals surface area contributed by atoms with Gasteiger partial charge >= 0.3 is 0 Å². The molecule has 0 aliphatic heterocycles. The number of fused-ring (bicyclic) bond motifs is 1. The van der Waals surface area contributed by atoms with Crippen molar-refractivity contribution in [1.29, 1.82) is 0 Å². The van der Waals surface area contributed by atoms with Crippen LogP contribution in [0.25, 0.3) is 22.2 Å². The lowest BCUT2D eigenvalue weighted by atomic mass is 10.1. The Balaban J connectivity index is 1.98. The molecule has 0 atom stereocenters. The number of aromatic nitrogens is 1. The number of hydrogen-bond donors (Lipinski definition) is 2. The zero-order valence-corrected chi connectivity index (χ0v) is 12.0. The molecule has 1 aromatic heterocycles. The van der Waals surface area contributed by atoms with Crippen molar-refractivity contribution in [3.05, 3.63) is 60.7 Å². The first-order valence-corrected chi connectivity index (χ1v) is 7.35. The third kappa shape index (κ3) is 2.99. The Hall–Kier alpha value is -2.10. The first kappa shape index (κ1) is 13.9. The van der Waals surface area contributed by atoms with Crippen LogP contribution >= 0.6 is 0 Å². The molecule has 0 aliphatic rings. The van der Waals surface area contributed by atoms with E-state index in [2.05, 4.69) is 64.5 Å². The van der Waals surface area contributed by atoms with E-state index < -0.39 is 0 Å². The molecule has 0 fully saturated rings. The summed E-state index contributed by atoms with van der Waals surface area (Å²) in [5.74, 6) is 0. The van der Waals surface area contributed by atoms with E-state index in [-0.39, 0.29) is 6.61 Å². The third-order valence-corrected chi connectivity index (χ3v) is 3.68. The van der Waals surface area contributed by atoms with E-state index in [1.54, 1.807) is 0 Å². The van der Waals surface area contributed by atoms with E-state index in [1.165, 1.54) is 22.2 Å². The lowest BCUT2D eigenvalue weighted by Crippen LogP contribution is -2.23. The van der Waals surface area contributed by atoms with Gasteiger partial charge in [0, 0.05) is 36.2 Å². The molecule has 3 aromatic rings. The molecule has 21 heavy (non-hydrogen) atoms. The van der Waals surface area contributed by atoms with Crippen molar-refractivity contribution >= 4 is 10.9 Å². The van der Waals surface area contributed by atoms with Gasteiger partial charge in [-0.05, 0) is 17.7 Å². The number of nitrogens with one attached hydrogen (secondary N) is 1. The maximum absolute atomic E-state index is 8.86. The number of nitrogens with zero attached hydrogens (tertiary/aromatic N) is 1. The highest BCUT2D eigenvalue weighted by Crippen LogP contribution is 2.27. The Morgan fingerprint density at radius 3 is 2.48 bits per heavy atom. The summed E-state index contributed by atoms with van der Waals surface area (Å²) in [4.78, 5) is 0. The average molecular weight is 280 g/mol. The first-order valence-electron chi connectivity index (χ1n) is 7.35. The van der Waals surface area contributed by atoms with Crippen molar-refractivity contribution < 1.29 is 5.11 Å². The van der Waals surface area contributed by atoms with Crippen LogP contribution < -0.4 is 5.32 Å². The molecule has 2 N–H and O–H groups in total. The van der Waals surface area contributed by atoms with Crippen molar-refractivity contribution in [1.82, 2.24) is 9.88 Å². The van der Waals surface area contributed by atoms with Crippen molar-refractivity contribution in [2.75, 3.05) is 19.7 Å². The van der Waals surface area contributed by atoms with E-state index in [1.807, 2.05) is 6.07 Å². The maximum Gasteiger partial charge on any atom is 0.0555 e. The van der Waals surface area contributed by atoms with Crippen LogP contribution in [-0.2, 0) is 6.54 Å². The van der Waals surface area contributed by atoms with E-state index in [0.717, 1.165) is 13.1 Å². The molecular weight excluding hydrogens is 260 g/mol. The number of rotatable bonds is 6. The van der Waals surface area contributed by atoms with Crippen LogP contribution in [0.1, 0.15) is 0 Å². The minimum Gasteiger partial charge on any atom is -0.395 e. The average Bonchev–Trinajstić information content (AvgIpc) is 2.91. The highest BCUT2D eigenvalue weighted by atomic mass is 16.3. The maximum atomic E-state index is 8.86. The molecule has 1 heterocycles. The highest BCUT2D eigenvalue weighted by Gasteiger charge is 2.09. The van der Waals surface area contributed by atoms with Crippen LogP contribution in [0.15, 0.2) is 60.7 Å². The van der Waals surface area contributed by atoms with Crippen LogP contribution in [0.2, 0.25) is 0 Å². The largest absolute Gasteiger partial charge is 0.395 e. The van der Waals surface area contributed by atoms with Gasteiger partial charge in [-0.1, -0.05) is 48.5 Å². The van der Waals surface area contributed by atoms with Gasteiger partial charge in [0.05, 0.1) is 6.61 Å². The van der Waals surface area contributed by atoms with Crippen molar-refractivity contribution in [2.45, 2.75) is 6.54 Å². The second kappa shape index (κ2) is 6.57. The summed E-state index contributed by atoms with van der Waals surface area (Å²) in [5.41, 5.74) is 3.72. The molecule has 0 amide bonds. The summed E-state index contributed by atoms with van der Waals surface area (Å²) in [7, 11) is 0. The number of aliphatic hydroxyl groups is 1. The summed E-state index contributed by atoms with van der Waals surface area (Å²) < 4.78 is 2.34. The van der Waals surface area contributed by atoms with Gasteiger partial charge in [0.15, 0.2) is 0 Å². The second-order valence-corrected chi connectivity index (χ2v) is 5.08. The molecular formula is C18H20N2O. The normalized spacial score (nSPS) is 11.1. The first-order chi connectivity index (χ1) is 10.4. The Morgan fingerprint density at radius 1 is 0.905 bits per heavy atom. The number of para-hydroxylation sites is 1. The summed E-state index contributed by atoms with van der Waals surface area (Å²) in [5, 5.41) is 13.4. The molecule has 3 rings (SSSR count). The fourth-order valence-corrected chi connectivity index (χ4v) is 2.69. The summed E-state index contributed by atoms with van der Waals surface area (Å²) >= 11 is 0. The molecule has 0 saturated carbocycles. The van der Waals surface area contributed by atoms with Crippen LogP contribution in [0.4, 0.5) is 0 Å². The molecule has 0 unspecified atom stereocenters. The molecule has 3 nitrogen and oxygen atoms in total. The topological polar surface area (TPSA) is 37.2 Å². The SMILES string of the molecule is OCCNCCn1c(-c2ccccc2)cc2ccccc21. The summed E-state index contributed by atoms with van der Waals surface area (Å²) in [6, 6.07) is 21.2. The molecule has 3 heteroatoms. The molecule has 0 aliphatic carbocycles. The second-order valence-electron chi connectivity index (χ2n) is 5.08. The molecule has 2 aromatic carbocycles. The summed E-state index contributed by atoms with van der Waals surface area (Å²) in [6.07, 6.45) is 0. The van der Waals surface area contributed by atoms with Crippen molar-refractivity contribution in [3.63, 3.8) is 0 Å². The van der Waals surface area contributed by atoms with Gasteiger partial charge in [0.1, 0.15) is 0 Å². The molecule has 0 saturated heterocycles. The number of hydrogen-bond acceptors (Lipinski definition) is 2. The van der Waals surface area contributed by atoms with Crippen LogP contribution in [0.5, 0.6) is 0 Å². The van der Waals surface area contributed by atoms with Crippen molar-refractivity contribution in [3.8, 4) is 11.3 Å². The molecule has 0 spiro atoms. The Kier molecular flexibility index (Phi) is 4.34. The zero-order valence-electron chi connectivity index (χ0n) is 12.0. The lowest BCUT2D eigenvalue weighted by Gasteiger charge is -2.11. The highest BCUT2D eigenvalue weighted by molar-refractivity contribution is 5.87. The van der Waals surface area contributed by atoms with Gasteiger partial charge in [0.2, 0.25) is 0 Å². The predicted molar refractivity (Wildman–Crippen MR) is 87.3 cm³/mol. The fourth-order valence-electron chi connectivity index (χ4n) is 2.69. The Labute approximate surface area is 124 Å². The Bertz CT molecular complexity index is 704. The fraction of sp³-hybridized carbons (Fsp3) is 0.222. The molecule has 108 valence electrons. The van der Waals surface area contributed by atoms with Gasteiger partial charge < -0.3 is 15.0 Å². The van der Waals surface area contributed by atoms with Gasteiger partial charge in [-0.3, -0.25) is 0 Å². The number of aliphatic hydroxyl groups excluding tert-OH is 1. The molecule has 0 bridgehead atoms. The quantitative estimate of drug-likeness (QED) is 0.681. The van der Waals surface area contributed by atoms with E-state index in [0.29, 0.717) is 6.54 Å². The van der Waals surface area contributed by atoms with E-state index in [9.17, 15) is 0 Å². The zero-order chi connectivity index (χ0) is 14.5. The van der Waals surface area contributed by atoms with Crippen LogP contribution in [0, 0.1) is 0 Å². The van der Waals surface area contributed by atoms with E-state index in [4.69, 9.17) is 5.11 Å². The third-order valence-electron chi connectivity index (χ3n) is 3.68. The molecule has 0 radical (unpaired) electrons. The van der Waals surface area contributed by atoms with E-state index >= 15 is 0 Å². The van der Waals surface area contributed by atoms with Gasteiger partial charge in [0.25, 0.3) is 0 Å². The van der Waals surface area contributed by atoms with Gasteiger partial charge in [-0.2, -0.15) is 0 Å². The standard InChI is InChI=1S/C18H20N2O/c21-13-11-19-10-12-20-17-9-5-4-8-16(17)14-18(20)15-6-2-1-3-7-15/h1-9,14,19,21H,10-13H2. The van der Waals surface area contributed by atoms with Gasteiger partial charge in [-0.15, -0.1) is 0 Å². The monoisotopic (exact) mass is 280 g/mol. The summed E-state index contributed by atoms with van der Waals surface area (Å²) in [6.45, 7) is 2.55. The van der Waals surface area contributed by atoms with Crippen LogP contribution in [0.3, 0.4) is 0 Å². The predicted octanol–water partition coefficient (Wildman–Crippen LogP) is 2.89. The smallest absolute Gasteiger partial charge is 0.0555 e. The van der Waals surface area contributed by atoms with Crippen molar-refractivity contribution in [2.24, 2.45) is 0 Å². The number of benzene rings is 2. The van der Waals surface area contributed by atoms with Gasteiger partial charge in [-0.25, -0.2) is 0 Å². The minimum atomic E-state index is 0.179. The van der Waals surface area contributed by atoms with Crippen LogP contribution in [-0.4, -0.2) is 29.4 Å².